The summed E-state index contributed by atoms with van der Waals surface area (Å²) in [4.78, 5) is 11.1. The molecule has 1 aliphatic heterocycles. The van der Waals surface area contributed by atoms with Gasteiger partial charge in [0.15, 0.2) is 6.61 Å². The zero-order valence-corrected chi connectivity index (χ0v) is 19.5. The maximum absolute atomic E-state index is 14.4. The monoisotopic (exact) mass is 480 g/mol. The van der Waals surface area contributed by atoms with Crippen molar-refractivity contribution in [2.24, 2.45) is 5.92 Å². The number of carboxylic acid groups (broad SMARTS) is 1. The Labute approximate surface area is 203 Å². The lowest BCUT2D eigenvalue weighted by molar-refractivity contribution is -0.139. The fourth-order valence-corrected chi connectivity index (χ4v) is 4.83. The first-order valence-corrected chi connectivity index (χ1v) is 11.5. The number of halogens is 2. The Bertz CT molecular complexity index is 1180. The van der Waals surface area contributed by atoms with Gasteiger partial charge in [-0.3, -0.25) is 0 Å². The highest BCUT2D eigenvalue weighted by Crippen LogP contribution is 2.53. The lowest BCUT2D eigenvalue weighted by Gasteiger charge is -2.43. The average molecular weight is 481 g/mol. The molecule has 34 heavy (non-hydrogen) atoms. The number of hydrogen-bond donors (Lipinski definition) is 1. The van der Waals surface area contributed by atoms with Gasteiger partial charge in [0.1, 0.15) is 11.6 Å². The first-order chi connectivity index (χ1) is 16.3. The molecular weight excluding hydrogens is 455 g/mol. The maximum atomic E-state index is 14.4. The van der Waals surface area contributed by atoms with Crippen LogP contribution >= 0.6 is 11.6 Å². The number of benzene rings is 3. The summed E-state index contributed by atoms with van der Waals surface area (Å²) in [7, 11) is 0. The largest absolute Gasteiger partial charge is 0.482 e. The van der Waals surface area contributed by atoms with Gasteiger partial charge in [0.2, 0.25) is 0 Å². The molecule has 0 amide bonds. The molecule has 0 radical (unpaired) electrons. The van der Waals surface area contributed by atoms with Crippen LogP contribution in [-0.2, 0) is 9.53 Å². The zero-order valence-electron chi connectivity index (χ0n) is 18.8. The molecule has 1 aliphatic rings. The average Bonchev–Trinajstić information content (AvgIpc) is 2.83. The predicted molar refractivity (Wildman–Crippen MR) is 130 cm³/mol. The van der Waals surface area contributed by atoms with Crippen LogP contribution in [0, 0.1) is 11.7 Å². The van der Waals surface area contributed by atoms with Crippen LogP contribution in [0.5, 0.6) is 5.75 Å². The summed E-state index contributed by atoms with van der Waals surface area (Å²) in [5, 5.41) is 9.74. The molecule has 3 aromatic carbocycles. The molecule has 0 unspecified atom stereocenters. The van der Waals surface area contributed by atoms with Gasteiger partial charge in [-0.1, -0.05) is 66.2 Å². The number of ether oxygens (including phenoxy) is 2. The van der Waals surface area contributed by atoms with E-state index in [0.717, 1.165) is 16.7 Å². The Morgan fingerprint density at radius 1 is 1.09 bits per heavy atom. The van der Waals surface area contributed by atoms with Crippen molar-refractivity contribution < 1.29 is 23.8 Å². The summed E-state index contributed by atoms with van der Waals surface area (Å²) in [5.41, 5.74) is 3.39. The molecule has 4 atom stereocenters. The van der Waals surface area contributed by atoms with Crippen LogP contribution in [0.3, 0.4) is 0 Å². The van der Waals surface area contributed by atoms with Gasteiger partial charge in [-0.2, -0.15) is 0 Å². The minimum absolute atomic E-state index is 0.0176. The number of aliphatic carboxylic acids is 1. The molecule has 1 fully saturated rings. The third-order valence-corrected chi connectivity index (χ3v) is 6.43. The van der Waals surface area contributed by atoms with Crippen LogP contribution in [0.25, 0.3) is 0 Å². The van der Waals surface area contributed by atoms with Gasteiger partial charge < -0.3 is 14.6 Å². The summed E-state index contributed by atoms with van der Waals surface area (Å²) in [6.07, 6.45) is -0.220. The van der Waals surface area contributed by atoms with Crippen molar-refractivity contribution in [2.45, 2.75) is 31.5 Å². The molecular formula is C28H26ClFO4. The second kappa shape index (κ2) is 10.4. The highest BCUT2D eigenvalue weighted by molar-refractivity contribution is 6.30. The molecule has 176 valence electrons. The Balaban J connectivity index is 1.80. The minimum atomic E-state index is -1.11. The lowest BCUT2D eigenvalue weighted by Crippen LogP contribution is -2.32. The summed E-state index contributed by atoms with van der Waals surface area (Å²) in [6.45, 7) is 5.58. The Morgan fingerprint density at radius 3 is 2.50 bits per heavy atom. The van der Waals surface area contributed by atoms with Crippen molar-refractivity contribution >= 4 is 17.6 Å². The fraction of sp³-hybridized carbons (Fsp3) is 0.250. The van der Waals surface area contributed by atoms with Gasteiger partial charge in [0, 0.05) is 22.4 Å². The minimum Gasteiger partial charge on any atom is -0.482 e. The Morgan fingerprint density at radius 2 is 1.82 bits per heavy atom. The van der Waals surface area contributed by atoms with Crippen molar-refractivity contribution in [3.05, 3.63) is 112 Å². The molecule has 1 saturated heterocycles. The second-order valence-corrected chi connectivity index (χ2v) is 9.04. The van der Waals surface area contributed by atoms with Gasteiger partial charge in [-0.05, 0) is 54.8 Å². The lowest BCUT2D eigenvalue weighted by atomic mass is 9.74. The van der Waals surface area contributed by atoms with E-state index in [1.54, 1.807) is 0 Å². The normalized spacial score (nSPS) is 22.2. The van der Waals surface area contributed by atoms with Crippen LogP contribution in [-0.4, -0.2) is 17.7 Å². The molecule has 0 bridgehead atoms. The third kappa shape index (κ3) is 5.32. The fourth-order valence-electron chi connectivity index (χ4n) is 4.63. The summed E-state index contributed by atoms with van der Waals surface area (Å²) < 4.78 is 26.6. The molecule has 6 heteroatoms. The van der Waals surface area contributed by atoms with Crippen molar-refractivity contribution in [1.82, 2.24) is 0 Å². The maximum Gasteiger partial charge on any atom is 0.341 e. The SMILES string of the molecule is C=C(C)[C@H]1C[C@H](c2cccc(Cl)c2)[C@H](c2ccccc2)O[C@@H]1c1cc(F)ccc1OCC(=O)O. The van der Waals surface area contributed by atoms with Crippen LogP contribution in [0.2, 0.25) is 5.02 Å². The summed E-state index contributed by atoms with van der Waals surface area (Å²) in [6, 6.07) is 21.7. The summed E-state index contributed by atoms with van der Waals surface area (Å²) in [5.74, 6) is -1.45. The molecule has 0 saturated carbocycles. The quantitative estimate of drug-likeness (QED) is 0.366. The highest BCUT2D eigenvalue weighted by Gasteiger charge is 2.41. The molecule has 0 spiro atoms. The number of carboxylic acids is 1. The van der Waals surface area contributed by atoms with Crippen molar-refractivity contribution in [2.75, 3.05) is 6.61 Å². The van der Waals surface area contributed by atoms with Gasteiger partial charge in [-0.25, -0.2) is 9.18 Å². The highest BCUT2D eigenvalue weighted by atomic mass is 35.5. The summed E-state index contributed by atoms with van der Waals surface area (Å²) >= 11 is 6.32. The van der Waals surface area contributed by atoms with E-state index in [1.807, 2.05) is 61.5 Å². The standard InChI is InChI=1S/C28H26ClFO4/c1-17(2)22-15-23(19-9-6-10-20(29)13-19)27(18-7-4-3-5-8-18)34-28(22)24-14-21(30)11-12-25(24)33-16-26(31)32/h3-14,22-23,27-28H,1,15-16H2,2H3,(H,31,32)/t22-,23-,27+,28+/m1/s1. The van der Waals surface area contributed by atoms with E-state index in [0.29, 0.717) is 17.0 Å². The molecule has 1 N–H and O–H groups in total. The van der Waals surface area contributed by atoms with Crippen LogP contribution < -0.4 is 4.74 Å². The van der Waals surface area contributed by atoms with E-state index < -0.39 is 24.5 Å². The Kier molecular flexibility index (Phi) is 7.35. The first kappa shape index (κ1) is 24.0. The third-order valence-electron chi connectivity index (χ3n) is 6.20. The smallest absolute Gasteiger partial charge is 0.341 e. The van der Waals surface area contributed by atoms with Crippen LogP contribution in [0.1, 0.15) is 48.2 Å². The number of hydrogen-bond acceptors (Lipinski definition) is 3. The van der Waals surface area contributed by atoms with Gasteiger partial charge in [0.25, 0.3) is 0 Å². The van der Waals surface area contributed by atoms with E-state index in [-0.39, 0.29) is 23.7 Å². The van der Waals surface area contributed by atoms with E-state index in [2.05, 4.69) is 6.58 Å². The molecule has 0 aromatic heterocycles. The number of carbonyl (C=O) groups is 1. The Hall–Kier alpha value is -3.15. The van der Waals surface area contributed by atoms with E-state index in [1.165, 1.54) is 18.2 Å². The first-order valence-electron chi connectivity index (χ1n) is 11.1. The van der Waals surface area contributed by atoms with E-state index in [4.69, 9.17) is 26.2 Å². The van der Waals surface area contributed by atoms with Crippen molar-refractivity contribution in [3.8, 4) is 5.75 Å². The van der Waals surface area contributed by atoms with E-state index >= 15 is 0 Å². The molecule has 4 rings (SSSR count). The van der Waals surface area contributed by atoms with E-state index in [9.17, 15) is 9.18 Å². The van der Waals surface area contributed by atoms with Crippen molar-refractivity contribution in [1.29, 1.82) is 0 Å². The topological polar surface area (TPSA) is 55.8 Å². The van der Waals surface area contributed by atoms with Crippen LogP contribution in [0.15, 0.2) is 84.9 Å². The van der Waals surface area contributed by atoms with Crippen molar-refractivity contribution in [3.63, 3.8) is 0 Å². The number of rotatable bonds is 7. The molecule has 4 nitrogen and oxygen atoms in total. The second-order valence-electron chi connectivity index (χ2n) is 8.60. The van der Waals surface area contributed by atoms with Gasteiger partial charge in [-0.15, -0.1) is 0 Å². The van der Waals surface area contributed by atoms with Crippen LogP contribution in [0.4, 0.5) is 4.39 Å². The molecule has 1 heterocycles. The van der Waals surface area contributed by atoms with Gasteiger partial charge in [0.05, 0.1) is 12.2 Å². The molecule has 0 aliphatic carbocycles. The zero-order chi connectivity index (χ0) is 24.2. The predicted octanol–water partition coefficient (Wildman–Crippen LogP) is 7.12. The van der Waals surface area contributed by atoms with Gasteiger partial charge >= 0.3 is 5.97 Å². The molecule has 3 aromatic rings.